The summed E-state index contributed by atoms with van der Waals surface area (Å²) in [6, 6.07) is 2.41. The van der Waals surface area contributed by atoms with Gasteiger partial charge in [-0.3, -0.25) is 4.79 Å². The molecule has 0 radical (unpaired) electrons. The summed E-state index contributed by atoms with van der Waals surface area (Å²) in [5.41, 5.74) is 2.86. The van der Waals surface area contributed by atoms with Gasteiger partial charge in [-0.2, -0.15) is 0 Å². The van der Waals surface area contributed by atoms with Gasteiger partial charge < -0.3 is 14.8 Å². The predicted molar refractivity (Wildman–Crippen MR) is 65.3 cm³/mol. The first kappa shape index (κ1) is 10.2. The van der Waals surface area contributed by atoms with Crippen LogP contribution in [-0.4, -0.2) is 25.2 Å². The number of carbonyl (C=O) groups is 1. The fourth-order valence-corrected chi connectivity index (χ4v) is 2.71. The van der Waals surface area contributed by atoms with Crippen molar-refractivity contribution in [2.75, 3.05) is 13.2 Å². The average molecular weight is 245 g/mol. The summed E-state index contributed by atoms with van der Waals surface area (Å²) in [5, 5.41) is 3.06. The van der Waals surface area contributed by atoms with Crippen molar-refractivity contribution < 1.29 is 14.3 Å². The Morgan fingerprint density at radius 2 is 2.06 bits per heavy atom. The molecule has 4 rings (SSSR count). The molecule has 1 aromatic rings. The van der Waals surface area contributed by atoms with Crippen LogP contribution in [0.25, 0.3) is 0 Å². The van der Waals surface area contributed by atoms with E-state index >= 15 is 0 Å². The lowest BCUT2D eigenvalue weighted by atomic mass is 9.99. The fraction of sp³-hybridized carbons (Fsp3) is 0.500. The Morgan fingerprint density at radius 3 is 2.89 bits per heavy atom. The topological polar surface area (TPSA) is 47.6 Å². The minimum atomic E-state index is 0.0120. The molecule has 1 aromatic carbocycles. The molecule has 0 atom stereocenters. The van der Waals surface area contributed by atoms with E-state index in [1.54, 1.807) is 0 Å². The summed E-state index contributed by atoms with van der Waals surface area (Å²) in [4.78, 5) is 12.4. The first-order chi connectivity index (χ1) is 8.83. The van der Waals surface area contributed by atoms with Crippen LogP contribution in [0.4, 0.5) is 0 Å². The molecule has 1 aliphatic carbocycles. The zero-order valence-corrected chi connectivity index (χ0v) is 10.1. The molecule has 0 unspecified atom stereocenters. The molecule has 1 amide bonds. The largest absolute Gasteiger partial charge is 0.493 e. The van der Waals surface area contributed by atoms with Crippen LogP contribution in [0.15, 0.2) is 6.07 Å². The van der Waals surface area contributed by atoms with Crippen LogP contribution in [-0.2, 0) is 12.8 Å². The molecule has 4 heteroatoms. The van der Waals surface area contributed by atoms with Crippen LogP contribution in [0.5, 0.6) is 11.5 Å². The van der Waals surface area contributed by atoms with E-state index in [1.807, 2.05) is 6.07 Å². The highest BCUT2D eigenvalue weighted by Crippen LogP contribution is 2.40. The minimum Gasteiger partial charge on any atom is -0.493 e. The maximum atomic E-state index is 12.4. The third kappa shape index (κ3) is 1.48. The zero-order valence-electron chi connectivity index (χ0n) is 10.1. The number of fused-ring (bicyclic) bond motifs is 2. The van der Waals surface area contributed by atoms with Crippen molar-refractivity contribution in [1.82, 2.24) is 5.32 Å². The summed E-state index contributed by atoms with van der Waals surface area (Å²) in [7, 11) is 0. The smallest absolute Gasteiger partial charge is 0.255 e. The van der Waals surface area contributed by atoms with Crippen molar-refractivity contribution in [1.29, 1.82) is 0 Å². The van der Waals surface area contributed by atoms with E-state index < -0.39 is 0 Å². The van der Waals surface area contributed by atoms with Crippen molar-refractivity contribution in [3.63, 3.8) is 0 Å². The van der Waals surface area contributed by atoms with E-state index in [0.717, 1.165) is 53.9 Å². The molecular formula is C14H15NO3. The Labute approximate surface area is 105 Å². The van der Waals surface area contributed by atoms with Crippen LogP contribution in [0.2, 0.25) is 0 Å². The Hall–Kier alpha value is -1.71. The molecule has 94 valence electrons. The second kappa shape index (κ2) is 3.64. The van der Waals surface area contributed by atoms with Crippen LogP contribution in [0.3, 0.4) is 0 Å². The number of nitrogens with one attached hydrogen (secondary N) is 1. The molecule has 1 fully saturated rings. The van der Waals surface area contributed by atoms with Gasteiger partial charge in [0.15, 0.2) is 0 Å². The Bertz CT molecular complexity index is 502. The molecule has 2 aliphatic heterocycles. The van der Waals surface area contributed by atoms with Gasteiger partial charge in [-0.25, -0.2) is 0 Å². The van der Waals surface area contributed by atoms with Gasteiger partial charge in [0, 0.05) is 30.0 Å². The van der Waals surface area contributed by atoms with Crippen LogP contribution >= 0.6 is 0 Å². The molecule has 1 saturated carbocycles. The Kier molecular flexibility index (Phi) is 2.07. The molecule has 3 aliphatic rings. The molecule has 2 heterocycles. The SMILES string of the molecule is O=C(NC1CC1)c1c2c(cc3c1OCC3)OCC2. The third-order valence-corrected chi connectivity index (χ3v) is 3.79. The number of amides is 1. The second-order valence-corrected chi connectivity index (χ2v) is 5.16. The fourth-order valence-electron chi connectivity index (χ4n) is 2.71. The molecule has 18 heavy (non-hydrogen) atoms. The van der Waals surface area contributed by atoms with E-state index in [-0.39, 0.29) is 5.91 Å². The molecule has 0 saturated heterocycles. The monoisotopic (exact) mass is 245 g/mol. The summed E-state index contributed by atoms with van der Waals surface area (Å²) in [6.45, 7) is 1.34. The highest BCUT2D eigenvalue weighted by molar-refractivity contribution is 6.00. The van der Waals surface area contributed by atoms with Gasteiger partial charge in [0.05, 0.1) is 18.8 Å². The predicted octanol–water partition coefficient (Wildman–Crippen LogP) is 1.45. The van der Waals surface area contributed by atoms with Crippen molar-refractivity contribution in [2.24, 2.45) is 0 Å². The van der Waals surface area contributed by atoms with E-state index in [2.05, 4.69) is 5.32 Å². The van der Waals surface area contributed by atoms with Gasteiger partial charge in [-0.15, -0.1) is 0 Å². The minimum absolute atomic E-state index is 0.0120. The summed E-state index contributed by atoms with van der Waals surface area (Å²) < 4.78 is 11.3. The Morgan fingerprint density at radius 1 is 1.22 bits per heavy atom. The van der Waals surface area contributed by atoms with E-state index in [0.29, 0.717) is 19.3 Å². The number of hydrogen-bond donors (Lipinski definition) is 1. The second-order valence-electron chi connectivity index (χ2n) is 5.16. The zero-order chi connectivity index (χ0) is 12.1. The lowest BCUT2D eigenvalue weighted by molar-refractivity contribution is 0.0947. The maximum absolute atomic E-state index is 12.4. The van der Waals surface area contributed by atoms with E-state index in [9.17, 15) is 4.79 Å². The van der Waals surface area contributed by atoms with Crippen LogP contribution in [0, 0.1) is 0 Å². The number of benzene rings is 1. The van der Waals surface area contributed by atoms with Gasteiger partial charge in [-0.05, 0) is 18.9 Å². The molecule has 1 N–H and O–H groups in total. The van der Waals surface area contributed by atoms with Gasteiger partial charge in [-0.1, -0.05) is 0 Å². The van der Waals surface area contributed by atoms with Crippen LogP contribution < -0.4 is 14.8 Å². The standard InChI is InChI=1S/C14H15NO3/c16-14(15-9-1-2-9)12-10-4-6-17-11(10)7-8-3-5-18-13(8)12/h7,9H,1-6H2,(H,15,16). The summed E-state index contributed by atoms with van der Waals surface area (Å²) >= 11 is 0. The first-order valence-electron chi connectivity index (χ1n) is 6.58. The number of rotatable bonds is 2. The molecular weight excluding hydrogens is 230 g/mol. The highest BCUT2D eigenvalue weighted by Gasteiger charge is 2.32. The molecule has 4 nitrogen and oxygen atoms in total. The third-order valence-electron chi connectivity index (χ3n) is 3.79. The lowest BCUT2D eigenvalue weighted by Crippen LogP contribution is -2.26. The van der Waals surface area contributed by atoms with Crippen molar-refractivity contribution in [3.05, 3.63) is 22.8 Å². The van der Waals surface area contributed by atoms with Gasteiger partial charge in [0.25, 0.3) is 5.91 Å². The number of carbonyl (C=O) groups excluding carboxylic acids is 1. The van der Waals surface area contributed by atoms with E-state index in [4.69, 9.17) is 9.47 Å². The molecule has 0 bridgehead atoms. The average Bonchev–Trinajstić information content (AvgIpc) is 2.89. The summed E-state index contributed by atoms with van der Waals surface area (Å²) in [5.74, 6) is 1.68. The maximum Gasteiger partial charge on any atom is 0.255 e. The van der Waals surface area contributed by atoms with Gasteiger partial charge in [0.1, 0.15) is 11.5 Å². The van der Waals surface area contributed by atoms with Gasteiger partial charge >= 0.3 is 0 Å². The van der Waals surface area contributed by atoms with Crippen LogP contribution in [0.1, 0.15) is 34.3 Å². The van der Waals surface area contributed by atoms with Crippen molar-refractivity contribution in [2.45, 2.75) is 31.7 Å². The number of hydrogen-bond acceptors (Lipinski definition) is 3. The Balaban J connectivity index is 1.81. The molecule has 0 spiro atoms. The van der Waals surface area contributed by atoms with Gasteiger partial charge in [0.2, 0.25) is 0 Å². The quantitative estimate of drug-likeness (QED) is 0.857. The normalized spacial score (nSPS) is 19.8. The van der Waals surface area contributed by atoms with Crippen molar-refractivity contribution in [3.8, 4) is 11.5 Å². The highest BCUT2D eigenvalue weighted by atomic mass is 16.5. The number of ether oxygens (including phenoxy) is 2. The summed E-state index contributed by atoms with van der Waals surface area (Å²) in [6.07, 6.45) is 3.87. The molecule has 0 aromatic heterocycles. The van der Waals surface area contributed by atoms with E-state index in [1.165, 1.54) is 0 Å². The van der Waals surface area contributed by atoms with Crippen molar-refractivity contribution >= 4 is 5.91 Å². The first-order valence-corrected chi connectivity index (χ1v) is 6.58. The lowest BCUT2D eigenvalue weighted by Gasteiger charge is -2.12.